The Hall–Kier alpha value is -3.71. The second-order valence-electron chi connectivity index (χ2n) is 8.65. The maximum atomic E-state index is 13.9. The minimum absolute atomic E-state index is 0.0861. The highest BCUT2D eigenvalue weighted by molar-refractivity contribution is 6.28. The van der Waals surface area contributed by atoms with E-state index in [9.17, 15) is 9.18 Å². The van der Waals surface area contributed by atoms with Crippen molar-refractivity contribution in [3.63, 3.8) is 0 Å². The summed E-state index contributed by atoms with van der Waals surface area (Å²) >= 11 is 0. The lowest BCUT2D eigenvalue weighted by Gasteiger charge is -2.33. The van der Waals surface area contributed by atoms with Crippen LogP contribution >= 0.6 is 0 Å². The van der Waals surface area contributed by atoms with Crippen molar-refractivity contribution >= 4 is 33.7 Å². The van der Waals surface area contributed by atoms with Crippen LogP contribution in [0.15, 0.2) is 59.1 Å². The average molecular weight is 444 g/mol. The molecule has 0 amide bonds. The van der Waals surface area contributed by atoms with Crippen molar-refractivity contribution in [2.45, 2.75) is 6.92 Å². The number of ketones is 1. The first-order valence-corrected chi connectivity index (χ1v) is 11.4. The Kier molecular flexibility index (Phi) is 4.66. The third kappa shape index (κ3) is 3.19. The fraction of sp³-hybridized carbons (Fsp3) is 0.231. The second-order valence-corrected chi connectivity index (χ2v) is 8.65. The molecule has 1 aliphatic heterocycles. The molecule has 0 radical (unpaired) electrons. The highest BCUT2D eigenvalue weighted by Gasteiger charge is 2.34. The van der Waals surface area contributed by atoms with Crippen molar-refractivity contribution in [1.82, 2.24) is 5.16 Å². The second kappa shape index (κ2) is 7.71. The van der Waals surface area contributed by atoms with Crippen molar-refractivity contribution in [2.75, 3.05) is 42.9 Å². The molecule has 3 aromatic carbocycles. The number of nitrogens with one attached hydrogen (secondary N) is 2. The molecule has 2 aliphatic rings. The van der Waals surface area contributed by atoms with E-state index in [0.717, 1.165) is 49.4 Å². The number of halogens is 1. The molecule has 1 saturated heterocycles. The normalized spacial score (nSPS) is 15.7. The van der Waals surface area contributed by atoms with Gasteiger partial charge in [0.05, 0.1) is 55.0 Å². The van der Waals surface area contributed by atoms with E-state index >= 15 is 0 Å². The van der Waals surface area contributed by atoms with E-state index in [1.165, 1.54) is 12.1 Å². The zero-order valence-corrected chi connectivity index (χ0v) is 18.3. The fourth-order valence-corrected chi connectivity index (χ4v) is 5.02. The van der Waals surface area contributed by atoms with E-state index in [2.05, 4.69) is 22.3 Å². The van der Waals surface area contributed by atoms with Crippen LogP contribution in [-0.4, -0.2) is 43.7 Å². The molecule has 7 heteroatoms. The van der Waals surface area contributed by atoms with E-state index in [4.69, 9.17) is 4.52 Å². The summed E-state index contributed by atoms with van der Waals surface area (Å²) in [4.78, 5) is 17.5. The molecule has 1 aliphatic carbocycles. The molecule has 6 nitrogen and oxygen atoms in total. The van der Waals surface area contributed by atoms with Crippen molar-refractivity contribution in [1.29, 1.82) is 0 Å². The summed E-state index contributed by atoms with van der Waals surface area (Å²) in [5, 5.41) is 8.47. The number of fused-ring (bicyclic) bond motifs is 2. The van der Waals surface area contributed by atoms with Crippen LogP contribution in [0.3, 0.4) is 0 Å². The monoisotopic (exact) mass is 443 g/mol. The van der Waals surface area contributed by atoms with Gasteiger partial charge in [0, 0.05) is 16.8 Å². The third-order valence-electron chi connectivity index (χ3n) is 6.79. The van der Waals surface area contributed by atoms with Crippen LogP contribution in [0, 0.1) is 5.82 Å². The zero-order valence-electron chi connectivity index (χ0n) is 18.3. The van der Waals surface area contributed by atoms with Gasteiger partial charge in [0.1, 0.15) is 11.3 Å². The lowest BCUT2D eigenvalue weighted by atomic mass is 9.86. The molecular weight excluding hydrogens is 419 g/mol. The molecule has 166 valence electrons. The number of hydrogen-bond acceptors (Lipinski definition) is 5. The van der Waals surface area contributed by atoms with Crippen LogP contribution in [0.2, 0.25) is 0 Å². The SMILES string of the molecule is CC[NH+]1CCN(c2cc(Nc3cccc(F)c3)c3c4c(onc24)-c2ccccc2C3=O)CC1. The van der Waals surface area contributed by atoms with E-state index in [1.54, 1.807) is 17.0 Å². The lowest BCUT2D eigenvalue weighted by Crippen LogP contribution is -3.14. The third-order valence-corrected chi connectivity index (χ3v) is 6.79. The molecule has 0 spiro atoms. The van der Waals surface area contributed by atoms with E-state index in [-0.39, 0.29) is 11.6 Å². The van der Waals surface area contributed by atoms with Gasteiger partial charge in [-0.05, 0) is 31.2 Å². The number of aromatic nitrogens is 1. The topological polar surface area (TPSA) is 62.8 Å². The molecule has 0 unspecified atom stereocenters. The molecule has 1 aromatic heterocycles. The van der Waals surface area contributed by atoms with Crippen LogP contribution in [-0.2, 0) is 0 Å². The number of benzene rings is 3. The fourth-order valence-electron chi connectivity index (χ4n) is 5.02. The minimum atomic E-state index is -0.337. The first-order valence-electron chi connectivity index (χ1n) is 11.4. The molecule has 0 saturated carbocycles. The van der Waals surface area contributed by atoms with Crippen molar-refractivity contribution in [3.8, 4) is 11.3 Å². The van der Waals surface area contributed by atoms with Gasteiger partial charge in [0.15, 0.2) is 11.5 Å². The first kappa shape index (κ1) is 19.9. The zero-order chi connectivity index (χ0) is 22.5. The Balaban J connectivity index is 1.56. The number of piperazine rings is 1. The molecular formula is C26H24FN4O2+. The predicted octanol–water partition coefficient (Wildman–Crippen LogP) is 3.65. The van der Waals surface area contributed by atoms with E-state index in [1.807, 2.05) is 30.3 Å². The molecule has 6 rings (SSSR count). The summed E-state index contributed by atoms with van der Waals surface area (Å²) in [6.45, 7) is 7.18. The number of rotatable bonds is 4. The molecule has 0 bridgehead atoms. The van der Waals surface area contributed by atoms with E-state index in [0.29, 0.717) is 33.8 Å². The standard InChI is InChI=1S/C26H23FN4O2/c1-2-30-10-12-31(13-11-30)21-15-20(28-17-7-5-6-16(27)14-17)22-23-24(21)29-33-26(23)19-9-4-3-8-18(19)25(22)32/h3-9,14-15,28H,2,10-13H2,1H3/p+1. The summed E-state index contributed by atoms with van der Waals surface area (Å²) in [5.41, 5.74) is 4.71. The van der Waals surface area contributed by atoms with Gasteiger partial charge in [0.25, 0.3) is 0 Å². The maximum Gasteiger partial charge on any atom is 0.196 e. The van der Waals surface area contributed by atoms with Gasteiger partial charge < -0.3 is 19.6 Å². The van der Waals surface area contributed by atoms with Gasteiger partial charge >= 0.3 is 0 Å². The first-order chi connectivity index (χ1) is 16.1. The summed E-state index contributed by atoms with van der Waals surface area (Å²) in [6, 6.07) is 15.7. The van der Waals surface area contributed by atoms with Crippen LogP contribution in [0.4, 0.5) is 21.5 Å². The number of hydrogen-bond donors (Lipinski definition) is 2. The largest absolute Gasteiger partial charge is 0.358 e. The molecule has 33 heavy (non-hydrogen) atoms. The Morgan fingerprint density at radius 3 is 2.64 bits per heavy atom. The van der Waals surface area contributed by atoms with Gasteiger partial charge in [-0.2, -0.15) is 0 Å². The van der Waals surface area contributed by atoms with Gasteiger partial charge in [-0.1, -0.05) is 35.5 Å². The van der Waals surface area contributed by atoms with Crippen LogP contribution in [0.1, 0.15) is 22.8 Å². The number of carbonyl (C=O) groups is 1. The quantitative estimate of drug-likeness (QED) is 0.444. The Morgan fingerprint density at radius 2 is 1.88 bits per heavy atom. The number of quaternary nitrogens is 1. The van der Waals surface area contributed by atoms with Crippen molar-refractivity contribution in [2.24, 2.45) is 0 Å². The molecule has 1 fully saturated rings. The lowest BCUT2D eigenvalue weighted by molar-refractivity contribution is -0.898. The van der Waals surface area contributed by atoms with E-state index < -0.39 is 0 Å². The molecule has 2 N–H and O–H groups in total. The average Bonchev–Trinajstić information content (AvgIpc) is 3.28. The highest BCUT2D eigenvalue weighted by atomic mass is 19.1. The summed E-state index contributed by atoms with van der Waals surface area (Å²) in [6.07, 6.45) is 0. The van der Waals surface area contributed by atoms with Crippen molar-refractivity contribution in [3.05, 3.63) is 71.5 Å². The predicted molar refractivity (Wildman–Crippen MR) is 126 cm³/mol. The minimum Gasteiger partial charge on any atom is -0.358 e. The van der Waals surface area contributed by atoms with Gasteiger partial charge in [0.2, 0.25) is 0 Å². The molecule has 0 atom stereocenters. The van der Waals surface area contributed by atoms with Crippen LogP contribution in [0.25, 0.3) is 22.2 Å². The molecule has 4 aromatic rings. The van der Waals surface area contributed by atoms with Gasteiger partial charge in [-0.15, -0.1) is 0 Å². The number of likely N-dealkylation sites (N-methyl/N-ethyl adjacent to an activating group) is 1. The number of nitrogens with zero attached hydrogens (tertiary/aromatic N) is 2. The number of carbonyl (C=O) groups excluding carboxylic acids is 1. The van der Waals surface area contributed by atoms with Gasteiger partial charge in [-0.3, -0.25) is 4.79 Å². The summed E-state index contributed by atoms with van der Waals surface area (Å²) in [7, 11) is 0. The number of anilines is 3. The van der Waals surface area contributed by atoms with Gasteiger partial charge in [-0.25, -0.2) is 4.39 Å². The van der Waals surface area contributed by atoms with Crippen LogP contribution < -0.4 is 15.1 Å². The van der Waals surface area contributed by atoms with Crippen LogP contribution in [0.5, 0.6) is 0 Å². The smallest absolute Gasteiger partial charge is 0.196 e. The Labute approximate surface area is 190 Å². The summed E-state index contributed by atoms with van der Waals surface area (Å²) < 4.78 is 19.8. The molecule has 2 heterocycles. The Morgan fingerprint density at radius 1 is 1.09 bits per heavy atom. The summed E-state index contributed by atoms with van der Waals surface area (Å²) in [5.74, 6) is 0.185. The Bertz CT molecular complexity index is 1390. The highest BCUT2D eigenvalue weighted by Crippen LogP contribution is 2.46. The van der Waals surface area contributed by atoms with Crippen molar-refractivity contribution < 1.29 is 18.6 Å². The maximum absolute atomic E-state index is 13.9.